The third kappa shape index (κ3) is 2.94. The molecule has 1 aliphatic carbocycles. The average Bonchev–Trinajstić information content (AvgIpc) is 3.10. The second-order valence-corrected chi connectivity index (χ2v) is 5.19. The molecule has 2 aromatic heterocycles. The molecular weight excluding hydrogens is 240 g/mol. The Hall–Kier alpha value is -1.85. The van der Waals surface area contributed by atoms with E-state index in [2.05, 4.69) is 31.4 Å². The summed E-state index contributed by atoms with van der Waals surface area (Å²) in [6.07, 6.45) is 10.9. The van der Waals surface area contributed by atoms with Crippen LogP contribution in [-0.2, 0) is 13.1 Å². The van der Waals surface area contributed by atoms with Gasteiger partial charge in [-0.3, -0.25) is 4.68 Å². The average molecular weight is 260 g/mol. The standard InChI is InChI=1S/C13H20N6/c1-11-10-18(8-9-19-7-6-14-17-19)13(15-11)16-12-4-2-3-5-12/h6-7,10,12H,2-5,8-9H2,1H3,(H,15,16). The van der Waals surface area contributed by atoms with Crippen LogP contribution in [0.5, 0.6) is 0 Å². The second-order valence-electron chi connectivity index (χ2n) is 5.19. The van der Waals surface area contributed by atoms with Crippen molar-refractivity contribution < 1.29 is 0 Å². The third-order valence-electron chi connectivity index (χ3n) is 3.63. The van der Waals surface area contributed by atoms with E-state index < -0.39 is 0 Å². The Morgan fingerprint density at radius 2 is 2.16 bits per heavy atom. The lowest BCUT2D eigenvalue weighted by Crippen LogP contribution is -2.19. The molecule has 0 saturated heterocycles. The van der Waals surface area contributed by atoms with Gasteiger partial charge in [0, 0.05) is 25.0 Å². The van der Waals surface area contributed by atoms with Crippen molar-refractivity contribution in [3.05, 3.63) is 24.3 Å². The van der Waals surface area contributed by atoms with Crippen LogP contribution in [0.25, 0.3) is 0 Å². The number of anilines is 1. The summed E-state index contributed by atoms with van der Waals surface area (Å²) in [4.78, 5) is 4.58. The summed E-state index contributed by atoms with van der Waals surface area (Å²) in [7, 11) is 0. The van der Waals surface area contributed by atoms with E-state index in [0.29, 0.717) is 6.04 Å². The van der Waals surface area contributed by atoms with Gasteiger partial charge in [-0.15, -0.1) is 5.10 Å². The van der Waals surface area contributed by atoms with Gasteiger partial charge >= 0.3 is 0 Å². The van der Waals surface area contributed by atoms with Gasteiger partial charge in [-0.1, -0.05) is 18.1 Å². The van der Waals surface area contributed by atoms with Gasteiger partial charge in [0.1, 0.15) is 0 Å². The van der Waals surface area contributed by atoms with Crippen molar-refractivity contribution in [3.63, 3.8) is 0 Å². The number of nitrogens with zero attached hydrogens (tertiary/aromatic N) is 5. The van der Waals surface area contributed by atoms with Crippen molar-refractivity contribution in [3.8, 4) is 0 Å². The first-order valence-corrected chi connectivity index (χ1v) is 6.96. The highest BCUT2D eigenvalue weighted by molar-refractivity contribution is 5.30. The molecule has 102 valence electrons. The fourth-order valence-electron chi connectivity index (χ4n) is 2.65. The van der Waals surface area contributed by atoms with Gasteiger partial charge in [-0.25, -0.2) is 4.98 Å². The molecule has 2 heterocycles. The minimum atomic E-state index is 0.590. The molecule has 3 rings (SSSR count). The smallest absolute Gasteiger partial charge is 0.203 e. The fraction of sp³-hybridized carbons (Fsp3) is 0.615. The molecule has 6 nitrogen and oxygen atoms in total. The van der Waals surface area contributed by atoms with E-state index in [1.54, 1.807) is 6.20 Å². The van der Waals surface area contributed by atoms with E-state index >= 15 is 0 Å². The molecule has 6 heteroatoms. The molecule has 0 amide bonds. The number of rotatable bonds is 5. The SMILES string of the molecule is Cc1cn(CCn2ccnn2)c(NC2CCCC2)n1. The lowest BCUT2D eigenvalue weighted by molar-refractivity contribution is 0.519. The van der Waals surface area contributed by atoms with E-state index in [1.165, 1.54) is 25.7 Å². The Balaban J connectivity index is 1.66. The summed E-state index contributed by atoms with van der Waals surface area (Å²) in [5, 5.41) is 11.4. The zero-order valence-electron chi connectivity index (χ0n) is 11.3. The molecule has 0 aliphatic heterocycles. The molecule has 0 unspecified atom stereocenters. The zero-order valence-corrected chi connectivity index (χ0v) is 11.3. The maximum absolute atomic E-state index is 4.58. The van der Waals surface area contributed by atoms with Crippen LogP contribution in [0.15, 0.2) is 18.6 Å². The molecule has 0 atom stereocenters. The molecular formula is C13H20N6. The lowest BCUT2D eigenvalue weighted by Gasteiger charge is -2.14. The molecule has 0 spiro atoms. The first-order valence-electron chi connectivity index (χ1n) is 6.96. The lowest BCUT2D eigenvalue weighted by atomic mass is 10.2. The first-order chi connectivity index (χ1) is 9.31. The number of hydrogen-bond donors (Lipinski definition) is 1. The number of aromatic nitrogens is 5. The highest BCUT2D eigenvalue weighted by Crippen LogP contribution is 2.22. The van der Waals surface area contributed by atoms with Crippen LogP contribution in [0.1, 0.15) is 31.4 Å². The Kier molecular flexibility index (Phi) is 3.48. The quantitative estimate of drug-likeness (QED) is 0.891. The van der Waals surface area contributed by atoms with Crippen molar-refractivity contribution in [2.24, 2.45) is 0 Å². The van der Waals surface area contributed by atoms with Crippen molar-refractivity contribution in [1.29, 1.82) is 0 Å². The molecule has 0 radical (unpaired) electrons. The van der Waals surface area contributed by atoms with Gasteiger partial charge in [-0.2, -0.15) is 0 Å². The van der Waals surface area contributed by atoms with Crippen molar-refractivity contribution in [2.75, 3.05) is 5.32 Å². The Labute approximate surface area is 112 Å². The van der Waals surface area contributed by atoms with Gasteiger partial charge in [0.25, 0.3) is 0 Å². The molecule has 0 aromatic carbocycles. The largest absolute Gasteiger partial charge is 0.353 e. The molecule has 19 heavy (non-hydrogen) atoms. The molecule has 1 aliphatic rings. The number of imidazole rings is 1. The third-order valence-corrected chi connectivity index (χ3v) is 3.63. The summed E-state index contributed by atoms with van der Waals surface area (Å²) >= 11 is 0. The topological polar surface area (TPSA) is 60.6 Å². The van der Waals surface area contributed by atoms with Crippen LogP contribution >= 0.6 is 0 Å². The molecule has 1 N–H and O–H groups in total. The van der Waals surface area contributed by atoms with Gasteiger partial charge < -0.3 is 9.88 Å². The predicted molar refractivity (Wildman–Crippen MR) is 72.9 cm³/mol. The fourth-order valence-corrected chi connectivity index (χ4v) is 2.65. The van der Waals surface area contributed by atoms with Gasteiger partial charge in [0.15, 0.2) is 0 Å². The highest BCUT2D eigenvalue weighted by Gasteiger charge is 2.17. The minimum Gasteiger partial charge on any atom is -0.353 e. The van der Waals surface area contributed by atoms with Crippen LogP contribution in [-0.4, -0.2) is 30.6 Å². The minimum absolute atomic E-state index is 0.590. The Morgan fingerprint density at radius 1 is 1.32 bits per heavy atom. The van der Waals surface area contributed by atoms with Crippen LogP contribution < -0.4 is 5.32 Å². The number of aryl methyl sites for hydroxylation is 3. The summed E-state index contributed by atoms with van der Waals surface area (Å²) in [5.74, 6) is 0.990. The molecule has 2 aromatic rings. The normalized spacial score (nSPS) is 16.1. The van der Waals surface area contributed by atoms with Crippen LogP contribution in [0, 0.1) is 6.92 Å². The second kappa shape index (κ2) is 5.42. The maximum atomic E-state index is 4.58. The summed E-state index contributed by atoms with van der Waals surface area (Å²) in [5.41, 5.74) is 1.05. The van der Waals surface area contributed by atoms with Crippen molar-refractivity contribution in [1.82, 2.24) is 24.5 Å². The van der Waals surface area contributed by atoms with Gasteiger partial charge in [0.2, 0.25) is 5.95 Å². The highest BCUT2D eigenvalue weighted by atomic mass is 15.4. The molecule has 0 bridgehead atoms. The van der Waals surface area contributed by atoms with Gasteiger partial charge in [0.05, 0.1) is 18.4 Å². The molecule has 1 saturated carbocycles. The number of nitrogens with one attached hydrogen (secondary N) is 1. The Morgan fingerprint density at radius 3 is 2.89 bits per heavy atom. The zero-order chi connectivity index (χ0) is 13.1. The summed E-state index contributed by atoms with van der Waals surface area (Å²) in [6.45, 7) is 3.71. The summed E-state index contributed by atoms with van der Waals surface area (Å²) < 4.78 is 4.02. The predicted octanol–water partition coefficient (Wildman–Crippen LogP) is 1.84. The van der Waals surface area contributed by atoms with Crippen LogP contribution in [0.2, 0.25) is 0 Å². The monoisotopic (exact) mass is 260 g/mol. The van der Waals surface area contributed by atoms with Crippen LogP contribution in [0.4, 0.5) is 5.95 Å². The Bertz CT molecular complexity index is 509. The molecule has 1 fully saturated rings. The number of hydrogen-bond acceptors (Lipinski definition) is 4. The van der Waals surface area contributed by atoms with Crippen molar-refractivity contribution >= 4 is 5.95 Å². The maximum Gasteiger partial charge on any atom is 0.203 e. The van der Waals surface area contributed by atoms with E-state index in [9.17, 15) is 0 Å². The van der Waals surface area contributed by atoms with Crippen LogP contribution in [0.3, 0.4) is 0 Å². The van der Waals surface area contributed by atoms with Crippen molar-refractivity contribution in [2.45, 2.75) is 51.7 Å². The van der Waals surface area contributed by atoms with E-state index in [1.807, 2.05) is 17.8 Å². The summed E-state index contributed by atoms with van der Waals surface area (Å²) in [6, 6.07) is 0.590. The van der Waals surface area contributed by atoms with E-state index in [-0.39, 0.29) is 0 Å². The van der Waals surface area contributed by atoms with Gasteiger partial charge in [-0.05, 0) is 19.8 Å². The first kappa shape index (κ1) is 12.2. The van der Waals surface area contributed by atoms with E-state index in [0.717, 1.165) is 24.7 Å². The van der Waals surface area contributed by atoms with E-state index in [4.69, 9.17) is 0 Å².